The van der Waals surface area contributed by atoms with Crippen molar-refractivity contribution < 1.29 is 14.7 Å². The largest absolute Gasteiger partial charge is 0.392 e. The molecule has 0 aliphatic heterocycles. The second kappa shape index (κ2) is 7.46. The highest BCUT2D eigenvalue weighted by atomic mass is 16.3. The number of carbonyl (C=O) groups excluding carboxylic acids is 2. The lowest BCUT2D eigenvalue weighted by Crippen LogP contribution is -2.50. The van der Waals surface area contributed by atoms with Crippen LogP contribution in [0.3, 0.4) is 0 Å². The van der Waals surface area contributed by atoms with Crippen LogP contribution >= 0.6 is 0 Å². The van der Waals surface area contributed by atoms with Gasteiger partial charge in [-0.2, -0.15) is 0 Å². The Kier molecular flexibility index (Phi) is 5.95. The Balaban J connectivity index is 3.06. The predicted molar refractivity (Wildman–Crippen MR) is 75.7 cm³/mol. The number of aliphatic hydroxyl groups is 1. The van der Waals surface area contributed by atoms with E-state index in [2.05, 4.69) is 0 Å². The number of carbonyl (C=O) groups is 2. The minimum atomic E-state index is -0.837. The van der Waals surface area contributed by atoms with E-state index in [1.807, 2.05) is 0 Å². The van der Waals surface area contributed by atoms with Crippen LogP contribution in [0.2, 0.25) is 0 Å². The van der Waals surface area contributed by atoms with Crippen LogP contribution in [-0.4, -0.2) is 29.6 Å². The summed E-state index contributed by atoms with van der Waals surface area (Å²) in [6.45, 7) is 0.281. The lowest BCUT2D eigenvalue weighted by Gasteiger charge is -2.28. The molecular formula is C13H20N4O3. The summed E-state index contributed by atoms with van der Waals surface area (Å²) in [6, 6.07) is 4.90. The van der Waals surface area contributed by atoms with E-state index in [1.54, 1.807) is 24.3 Å². The quantitative estimate of drug-likeness (QED) is 0.543. The van der Waals surface area contributed by atoms with Crippen LogP contribution in [0.25, 0.3) is 0 Å². The van der Waals surface area contributed by atoms with Gasteiger partial charge in [-0.3, -0.25) is 9.69 Å². The third-order valence-corrected chi connectivity index (χ3v) is 2.96. The molecule has 0 spiro atoms. The van der Waals surface area contributed by atoms with Crippen LogP contribution < -0.4 is 22.1 Å². The predicted octanol–water partition coefficient (Wildman–Crippen LogP) is -0.343. The van der Waals surface area contributed by atoms with E-state index in [-0.39, 0.29) is 6.61 Å². The molecule has 0 saturated carbocycles. The van der Waals surface area contributed by atoms with E-state index in [1.165, 1.54) is 0 Å². The number of amides is 3. The highest BCUT2D eigenvalue weighted by Gasteiger charge is 2.27. The maximum atomic E-state index is 11.6. The molecule has 3 amide bonds. The lowest BCUT2D eigenvalue weighted by atomic mass is 10.1. The van der Waals surface area contributed by atoms with Crippen molar-refractivity contribution in [1.82, 2.24) is 0 Å². The minimum absolute atomic E-state index is 0.108. The normalized spacial score (nSPS) is 11.9. The molecule has 0 fully saturated rings. The summed E-state index contributed by atoms with van der Waals surface area (Å²) in [5.74, 6) is -0.636. The summed E-state index contributed by atoms with van der Waals surface area (Å²) in [4.78, 5) is 24.3. The van der Waals surface area contributed by atoms with Crippen molar-refractivity contribution in [1.29, 1.82) is 0 Å². The Morgan fingerprint density at radius 2 is 1.80 bits per heavy atom. The zero-order valence-corrected chi connectivity index (χ0v) is 11.2. The standard InChI is InChI=1S/C13H20N4O3/c14-7-1-2-11(12(15)19)17(13(16)20)10-5-3-9(8-18)4-6-10/h3-6,11,18H,1-2,7-8,14H2,(H2,15,19)(H2,16,20). The van der Waals surface area contributed by atoms with Crippen LogP contribution in [-0.2, 0) is 11.4 Å². The van der Waals surface area contributed by atoms with E-state index in [0.29, 0.717) is 30.6 Å². The van der Waals surface area contributed by atoms with Gasteiger partial charge in [0.2, 0.25) is 5.91 Å². The summed E-state index contributed by atoms with van der Waals surface area (Å²) in [5, 5.41) is 9.00. The molecule has 0 aliphatic carbocycles. The Hall–Kier alpha value is -2.12. The van der Waals surface area contributed by atoms with Crippen molar-refractivity contribution >= 4 is 17.6 Å². The van der Waals surface area contributed by atoms with Crippen LogP contribution in [0.5, 0.6) is 0 Å². The fourth-order valence-corrected chi connectivity index (χ4v) is 1.93. The molecular weight excluding hydrogens is 260 g/mol. The summed E-state index contributed by atoms with van der Waals surface area (Å²) in [7, 11) is 0. The molecule has 7 heteroatoms. The minimum Gasteiger partial charge on any atom is -0.392 e. The van der Waals surface area contributed by atoms with Crippen molar-refractivity contribution in [2.75, 3.05) is 11.4 Å². The Bertz CT molecular complexity index is 461. The highest BCUT2D eigenvalue weighted by Crippen LogP contribution is 2.20. The van der Waals surface area contributed by atoms with Gasteiger partial charge < -0.3 is 22.3 Å². The molecule has 0 aliphatic rings. The molecule has 1 unspecified atom stereocenters. The van der Waals surface area contributed by atoms with Crippen LogP contribution in [0.15, 0.2) is 24.3 Å². The molecule has 7 N–H and O–H groups in total. The zero-order chi connectivity index (χ0) is 15.1. The maximum Gasteiger partial charge on any atom is 0.320 e. The van der Waals surface area contributed by atoms with E-state index in [0.717, 1.165) is 4.90 Å². The topological polar surface area (TPSA) is 136 Å². The number of hydrogen-bond acceptors (Lipinski definition) is 4. The number of hydrogen-bond donors (Lipinski definition) is 4. The van der Waals surface area contributed by atoms with Crippen molar-refractivity contribution in [3.63, 3.8) is 0 Å². The number of rotatable bonds is 7. The molecule has 1 aromatic rings. The summed E-state index contributed by atoms with van der Waals surface area (Å²) >= 11 is 0. The molecule has 1 atom stereocenters. The first-order valence-corrected chi connectivity index (χ1v) is 6.29. The number of primary amides is 2. The smallest absolute Gasteiger partial charge is 0.320 e. The van der Waals surface area contributed by atoms with Crippen molar-refractivity contribution in [2.45, 2.75) is 25.5 Å². The van der Waals surface area contributed by atoms with Gasteiger partial charge in [-0.15, -0.1) is 0 Å². The summed E-state index contributed by atoms with van der Waals surface area (Å²) < 4.78 is 0. The van der Waals surface area contributed by atoms with Gasteiger partial charge in [0.05, 0.1) is 6.61 Å². The SMILES string of the molecule is NCCCC(C(N)=O)N(C(N)=O)c1ccc(CO)cc1. The molecule has 0 saturated heterocycles. The van der Waals surface area contributed by atoms with Crippen molar-refractivity contribution in [2.24, 2.45) is 17.2 Å². The average molecular weight is 280 g/mol. The van der Waals surface area contributed by atoms with Crippen LogP contribution in [0.4, 0.5) is 10.5 Å². The van der Waals surface area contributed by atoms with Crippen LogP contribution in [0, 0.1) is 0 Å². The number of aliphatic hydroxyl groups excluding tert-OH is 1. The van der Waals surface area contributed by atoms with Gasteiger partial charge in [-0.1, -0.05) is 12.1 Å². The molecule has 7 nitrogen and oxygen atoms in total. The molecule has 0 bridgehead atoms. The monoisotopic (exact) mass is 280 g/mol. The zero-order valence-electron chi connectivity index (χ0n) is 11.2. The molecule has 0 aromatic heterocycles. The third kappa shape index (κ3) is 3.94. The third-order valence-electron chi connectivity index (χ3n) is 2.96. The van der Waals surface area contributed by atoms with E-state index >= 15 is 0 Å². The first-order chi connectivity index (χ1) is 9.51. The first-order valence-electron chi connectivity index (χ1n) is 6.29. The van der Waals surface area contributed by atoms with Gasteiger partial charge in [-0.25, -0.2) is 4.79 Å². The van der Waals surface area contributed by atoms with Gasteiger partial charge >= 0.3 is 6.03 Å². The van der Waals surface area contributed by atoms with E-state index in [9.17, 15) is 9.59 Å². The second-order valence-electron chi connectivity index (χ2n) is 4.38. The van der Waals surface area contributed by atoms with E-state index in [4.69, 9.17) is 22.3 Å². The number of nitrogens with two attached hydrogens (primary N) is 3. The summed E-state index contributed by atoms with van der Waals surface area (Å²) in [6.07, 6.45) is 0.892. The van der Waals surface area contributed by atoms with Crippen molar-refractivity contribution in [3.8, 4) is 0 Å². The maximum absolute atomic E-state index is 11.6. The number of nitrogens with zero attached hydrogens (tertiary/aromatic N) is 1. The molecule has 110 valence electrons. The van der Waals surface area contributed by atoms with E-state index < -0.39 is 18.0 Å². The lowest BCUT2D eigenvalue weighted by molar-refractivity contribution is -0.119. The summed E-state index contributed by atoms with van der Waals surface area (Å²) in [5.41, 5.74) is 17.2. The van der Waals surface area contributed by atoms with Gasteiger partial charge in [0.1, 0.15) is 6.04 Å². The number of benzene rings is 1. The second-order valence-corrected chi connectivity index (χ2v) is 4.38. The fraction of sp³-hybridized carbons (Fsp3) is 0.385. The molecule has 20 heavy (non-hydrogen) atoms. The fourth-order valence-electron chi connectivity index (χ4n) is 1.93. The van der Waals surface area contributed by atoms with Crippen LogP contribution in [0.1, 0.15) is 18.4 Å². The van der Waals surface area contributed by atoms with Gasteiger partial charge in [-0.05, 0) is 37.1 Å². The Labute approximate surface area is 117 Å². The Morgan fingerprint density at radius 1 is 1.20 bits per heavy atom. The number of anilines is 1. The molecule has 0 heterocycles. The molecule has 1 aromatic carbocycles. The Morgan fingerprint density at radius 3 is 2.20 bits per heavy atom. The highest BCUT2D eigenvalue weighted by molar-refractivity contribution is 5.98. The van der Waals surface area contributed by atoms with Gasteiger partial charge in [0.25, 0.3) is 0 Å². The van der Waals surface area contributed by atoms with Gasteiger partial charge in [0, 0.05) is 5.69 Å². The van der Waals surface area contributed by atoms with Gasteiger partial charge in [0.15, 0.2) is 0 Å². The molecule has 0 radical (unpaired) electrons. The molecule has 1 rings (SSSR count). The van der Waals surface area contributed by atoms with Crippen molar-refractivity contribution in [3.05, 3.63) is 29.8 Å². The average Bonchev–Trinajstić information content (AvgIpc) is 2.43. The first kappa shape index (κ1) is 15.9. The number of urea groups is 1.